The van der Waals surface area contributed by atoms with E-state index in [0.717, 1.165) is 6.07 Å². The Morgan fingerprint density at radius 2 is 2.25 bits per heavy atom. The molecule has 0 spiro atoms. The van der Waals surface area contributed by atoms with Crippen LogP contribution in [0.2, 0.25) is 0 Å². The summed E-state index contributed by atoms with van der Waals surface area (Å²) in [6, 6.07) is 2.79. The second kappa shape index (κ2) is 3.59. The highest BCUT2D eigenvalue weighted by atomic mass is 79.9. The average Bonchev–Trinajstić information content (AvgIpc) is 2.03. The van der Waals surface area contributed by atoms with Gasteiger partial charge in [0.2, 0.25) is 0 Å². The predicted molar refractivity (Wildman–Crippen MR) is 41.6 cm³/mol. The van der Waals surface area contributed by atoms with Crippen LogP contribution < -0.4 is 0 Å². The molecule has 0 amide bonds. The molecule has 0 aliphatic carbocycles. The minimum atomic E-state index is -2.64. The number of hydrogen-bond donors (Lipinski definition) is 0. The van der Waals surface area contributed by atoms with Gasteiger partial charge in [0, 0.05) is 11.8 Å². The van der Waals surface area contributed by atoms with Crippen LogP contribution in [0.25, 0.3) is 0 Å². The van der Waals surface area contributed by atoms with Crippen molar-refractivity contribution in [2.45, 2.75) is 6.43 Å². The fourth-order valence-electron chi connectivity index (χ4n) is 0.743. The number of aromatic nitrogens is 1. The third-order valence-electron chi connectivity index (χ3n) is 1.28. The molecule has 0 aliphatic heterocycles. The third-order valence-corrected chi connectivity index (χ3v) is 1.89. The van der Waals surface area contributed by atoms with Gasteiger partial charge in [0.1, 0.15) is 10.7 Å². The summed E-state index contributed by atoms with van der Waals surface area (Å²) in [7, 11) is 0. The number of nitrogens with zero attached hydrogens (tertiary/aromatic N) is 2. The summed E-state index contributed by atoms with van der Waals surface area (Å²) < 4.78 is 24.5. The van der Waals surface area contributed by atoms with Crippen LogP contribution in [-0.2, 0) is 0 Å². The van der Waals surface area contributed by atoms with Gasteiger partial charge in [0.25, 0.3) is 6.43 Å². The number of hydrogen-bond acceptors (Lipinski definition) is 2. The van der Waals surface area contributed by atoms with Gasteiger partial charge in [0.15, 0.2) is 0 Å². The smallest absolute Gasteiger partial charge is 0.248 e. The van der Waals surface area contributed by atoms with E-state index < -0.39 is 6.43 Å². The number of rotatable bonds is 1. The lowest BCUT2D eigenvalue weighted by Gasteiger charge is -2.01. The van der Waals surface area contributed by atoms with Gasteiger partial charge < -0.3 is 0 Å². The van der Waals surface area contributed by atoms with E-state index in [2.05, 4.69) is 20.9 Å². The number of pyridine rings is 1. The van der Waals surface area contributed by atoms with Gasteiger partial charge in [-0.15, -0.1) is 0 Å². The minimum absolute atomic E-state index is 0.104. The van der Waals surface area contributed by atoms with Crippen LogP contribution in [0.1, 0.15) is 17.6 Å². The Labute approximate surface area is 76.0 Å². The lowest BCUT2D eigenvalue weighted by atomic mass is 10.2. The van der Waals surface area contributed by atoms with Gasteiger partial charge in [-0.3, -0.25) is 0 Å². The highest BCUT2D eigenvalue weighted by Crippen LogP contribution is 2.25. The average molecular weight is 233 g/mol. The lowest BCUT2D eigenvalue weighted by molar-refractivity contribution is 0.151. The topological polar surface area (TPSA) is 36.7 Å². The van der Waals surface area contributed by atoms with Crippen molar-refractivity contribution in [3.8, 4) is 6.07 Å². The van der Waals surface area contributed by atoms with Crippen LogP contribution in [0.3, 0.4) is 0 Å². The third kappa shape index (κ3) is 1.59. The van der Waals surface area contributed by atoms with E-state index >= 15 is 0 Å². The molecular formula is C7H3BrF2N2. The van der Waals surface area contributed by atoms with Gasteiger partial charge in [-0.1, -0.05) is 0 Å². The molecule has 5 heteroatoms. The van der Waals surface area contributed by atoms with Crippen molar-refractivity contribution < 1.29 is 8.78 Å². The largest absolute Gasteiger partial charge is 0.265 e. The Hall–Kier alpha value is -1.02. The zero-order valence-corrected chi connectivity index (χ0v) is 7.35. The summed E-state index contributed by atoms with van der Waals surface area (Å²) in [5, 5.41) is 8.49. The van der Waals surface area contributed by atoms with Gasteiger partial charge in [-0.2, -0.15) is 5.26 Å². The van der Waals surface area contributed by atoms with Crippen LogP contribution >= 0.6 is 15.9 Å². The quantitative estimate of drug-likeness (QED) is 0.699. The molecule has 1 aromatic heterocycles. The summed E-state index contributed by atoms with van der Waals surface area (Å²) in [5.74, 6) is 0. The van der Waals surface area contributed by atoms with Crippen molar-refractivity contribution in [2.24, 2.45) is 0 Å². The Morgan fingerprint density at radius 3 is 2.67 bits per heavy atom. The van der Waals surface area contributed by atoms with Crippen LogP contribution in [0.4, 0.5) is 8.78 Å². The van der Waals surface area contributed by atoms with Crippen molar-refractivity contribution in [2.75, 3.05) is 0 Å². The molecule has 0 bridgehead atoms. The molecule has 1 rings (SSSR count). The molecule has 62 valence electrons. The van der Waals surface area contributed by atoms with E-state index in [1.807, 2.05) is 0 Å². The molecule has 12 heavy (non-hydrogen) atoms. The summed E-state index contributed by atoms with van der Waals surface area (Å²) in [6.45, 7) is 0. The maximum Gasteiger partial charge on any atom is 0.265 e. The molecule has 1 heterocycles. The van der Waals surface area contributed by atoms with Crippen molar-refractivity contribution in [3.63, 3.8) is 0 Å². The highest BCUT2D eigenvalue weighted by Gasteiger charge is 2.15. The van der Waals surface area contributed by atoms with Crippen molar-refractivity contribution in [1.82, 2.24) is 4.98 Å². The first-order chi connectivity index (χ1) is 5.66. The van der Waals surface area contributed by atoms with Crippen LogP contribution in [0.15, 0.2) is 16.9 Å². The Balaban J connectivity index is 3.30. The van der Waals surface area contributed by atoms with Gasteiger partial charge in [-0.05, 0) is 22.0 Å². The van der Waals surface area contributed by atoms with E-state index in [1.165, 1.54) is 6.20 Å². The number of halogens is 3. The normalized spacial score (nSPS) is 9.92. The van der Waals surface area contributed by atoms with Crippen molar-refractivity contribution in [3.05, 3.63) is 28.0 Å². The summed E-state index contributed by atoms with van der Waals surface area (Å²) in [4.78, 5) is 3.65. The van der Waals surface area contributed by atoms with E-state index in [1.54, 1.807) is 6.07 Å². The second-order valence-corrected chi connectivity index (χ2v) is 2.73. The summed E-state index contributed by atoms with van der Waals surface area (Å²) in [5.41, 5.74) is -0.396. The molecular weight excluding hydrogens is 230 g/mol. The zero-order chi connectivity index (χ0) is 9.14. The molecule has 0 aliphatic rings. The molecule has 1 aromatic rings. The van der Waals surface area contributed by atoms with Crippen LogP contribution in [-0.4, -0.2) is 4.98 Å². The summed E-state index contributed by atoms with van der Waals surface area (Å²) >= 11 is 2.91. The van der Waals surface area contributed by atoms with E-state index in [-0.39, 0.29) is 15.7 Å². The van der Waals surface area contributed by atoms with E-state index in [0.29, 0.717) is 0 Å². The molecule has 0 radical (unpaired) electrons. The first-order valence-corrected chi connectivity index (χ1v) is 3.78. The minimum Gasteiger partial charge on any atom is -0.248 e. The fourth-order valence-corrected chi connectivity index (χ4v) is 1.18. The first-order valence-electron chi connectivity index (χ1n) is 2.99. The van der Waals surface area contributed by atoms with Crippen LogP contribution in [0.5, 0.6) is 0 Å². The van der Waals surface area contributed by atoms with Crippen molar-refractivity contribution in [1.29, 1.82) is 5.26 Å². The molecule has 0 unspecified atom stereocenters. The molecule has 2 nitrogen and oxygen atoms in total. The first kappa shape index (κ1) is 9.07. The zero-order valence-electron chi connectivity index (χ0n) is 5.76. The second-order valence-electron chi connectivity index (χ2n) is 1.98. The maximum absolute atomic E-state index is 12.2. The predicted octanol–water partition coefficient (Wildman–Crippen LogP) is 2.65. The van der Waals surface area contributed by atoms with E-state index in [4.69, 9.17) is 5.26 Å². The van der Waals surface area contributed by atoms with Gasteiger partial charge >= 0.3 is 0 Å². The van der Waals surface area contributed by atoms with Gasteiger partial charge in [0.05, 0.1) is 5.56 Å². The molecule has 0 atom stereocenters. The fraction of sp³-hybridized carbons (Fsp3) is 0.143. The Morgan fingerprint density at radius 1 is 1.58 bits per heavy atom. The Kier molecular flexibility index (Phi) is 2.71. The van der Waals surface area contributed by atoms with Gasteiger partial charge in [-0.25, -0.2) is 13.8 Å². The molecule has 0 N–H and O–H groups in total. The highest BCUT2D eigenvalue weighted by molar-refractivity contribution is 9.10. The molecule has 0 aromatic carbocycles. The number of nitriles is 1. The van der Waals surface area contributed by atoms with Crippen molar-refractivity contribution >= 4 is 15.9 Å². The SMILES string of the molecule is N#Cc1c(C(F)F)ccnc1Br. The molecule has 0 saturated carbocycles. The molecule has 0 saturated heterocycles. The Bertz CT molecular complexity index is 333. The van der Waals surface area contributed by atoms with E-state index in [9.17, 15) is 8.78 Å². The lowest BCUT2D eigenvalue weighted by Crippen LogP contribution is -1.93. The van der Waals surface area contributed by atoms with Crippen LogP contribution in [0, 0.1) is 11.3 Å². The maximum atomic E-state index is 12.2. The number of alkyl halides is 2. The summed E-state index contributed by atoms with van der Waals surface area (Å²) in [6.07, 6.45) is -1.41. The molecule has 0 fully saturated rings. The standard InChI is InChI=1S/C7H3BrF2N2/c8-6-5(3-11)4(7(9)10)1-2-12-6/h1-2,7H. The monoisotopic (exact) mass is 232 g/mol.